The van der Waals surface area contributed by atoms with Gasteiger partial charge in [0.25, 0.3) is 5.91 Å². The van der Waals surface area contributed by atoms with Crippen molar-refractivity contribution >= 4 is 22.9 Å². The van der Waals surface area contributed by atoms with Gasteiger partial charge in [-0.25, -0.2) is 9.48 Å². The van der Waals surface area contributed by atoms with Gasteiger partial charge >= 0.3 is 6.09 Å². The Kier molecular flexibility index (Phi) is 6.60. The lowest BCUT2D eigenvalue weighted by Crippen LogP contribution is -2.46. The normalized spacial score (nSPS) is 12.4. The molecule has 8 nitrogen and oxygen atoms in total. The molecule has 0 fully saturated rings. The number of fused-ring (bicyclic) bond motifs is 1. The molecule has 8 heteroatoms. The van der Waals surface area contributed by atoms with Crippen LogP contribution < -0.4 is 10.6 Å². The van der Waals surface area contributed by atoms with Crippen molar-refractivity contribution in [1.29, 1.82) is 0 Å². The molecule has 1 heterocycles. The Morgan fingerprint density at radius 3 is 2.65 bits per heavy atom. The van der Waals surface area contributed by atoms with Crippen LogP contribution in [0.15, 0.2) is 48.7 Å². The number of hydrogen-bond acceptors (Lipinski definition) is 5. The second-order valence-electron chi connectivity index (χ2n) is 8.40. The number of amides is 2. The van der Waals surface area contributed by atoms with Gasteiger partial charge in [0.05, 0.1) is 30.0 Å². The van der Waals surface area contributed by atoms with Crippen molar-refractivity contribution < 1.29 is 19.4 Å². The van der Waals surface area contributed by atoms with Crippen molar-refractivity contribution in [2.45, 2.75) is 39.3 Å². The highest BCUT2D eigenvalue weighted by Crippen LogP contribution is 2.20. The molecule has 1 unspecified atom stereocenters. The van der Waals surface area contributed by atoms with E-state index in [4.69, 9.17) is 4.74 Å². The maximum absolute atomic E-state index is 12.8. The third kappa shape index (κ3) is 5.82. The van der Waals surface area contributed by atoms with Gasteiger partial charge in [-0.3, -0.25) is 4.79 Å². The minimum absolute atomic E-state index is 0.0423. The molecule has 0 saturated heterocycles. The molecule has 0 aliphatic heterocycles. The van der Waals surface area contributed by atoms with E-state index in [0.29, 0.717) is 5.56 Å². The molecule has 1 aromatic heterocycles. The second-order valence-corrected chi connectivity index (χ2v) is 8.40. The van der Waals surface area contributed by atoms with Gasteiger partial charge in [-0.05, 0) is 57.5 Å². The van der Waals surface area contributed by atoms with E-state index < -0.39 is 17.7 Å². The molecule has 3 rings (SSSR count). The van der Waals surface area contributed by atoms with Gasteiger partial charge < -0.3 is 20.5 Å². The number of alkyl carbamates (subject to hydrolysis) is 1. The summed E-state index contributed by atoms with van der Waals surface area (Å²) in [5.74, 6) is -0.357. The number of nitrogens with zero attached hydrogens (tertiary/aromatic N) is 2. The van der Waals surface area contributed by atoms with Crippen LogP contribution in [0.3, 0.4) is 0 Å². The molecule has 2 amide bonds. The first-order chi connectivity index (χ1) is 14.7. The summed E-state index contributed by atoms with van der Waals surface area (Å²) < 4.78 is 6.96. The molecule has 0 aliphatic carbocycles. The number of carbonyl (C=O) groups is 2. The summed E-state index contributed by atoms with van der Waals surface area (Å²) in [5.41, 5.74) is 2.61. The Balaban J connectivity index is 1.73. The zero-order valence-electron chi connectivity index (χ0n) is 18.2. The highest BCUT2D eigenvalue weighted by atomic mass is 16.6. The third-order valence-electron chi connectivity index (χ3n) is 4.53. The van der Waals surface area contributed by atoms with Gasteiger partial charge in [-0.15, -0.1) is 0 Å². The minimum atomic E-state index is -0.655. The van der Waals surface area contributed by atoms with E-state index in [9.17, 15) is 14.7 Å². The van der Waals surface area contributed by atoms with Gasteiger partial charge in [0.1, 0.15) is 5.60 Å². The summed E-state index contributed by atoms with van der Waals surface area (Å²) in [5, 5.41) is 20.3. The predicted molar refractivity (Wildman–Crippen MR) is 118 cm³/mol. The largest absolute Gasteiger partial charge is 0.444 e. The predicted octanol–water partition coefficient (Wildman–Crippen LogP) is 2.95. The number of aryl methyl sites for hydroxylation is 1. The lowest BCUT2D eigenvalue weighted by atomic mass is 10.1. The van der Waals surface area contributed by atoms with E-state index in [1.54, 1.807) is 43.8 Å². The third-order valence-corrected chi connectivity index (χ3v) is 4.53. The van der Waals surface area contributed by atoms with E-state index in [1.165, 1.54) is 0 Å². The molecule has 31 heavy (non-hydrogen) atoms. The average molecular weight is 425 g/mol. The Morgan fingerprint density at radius 2 is 1.97 bits per heavy atom. The Labute approximate surface area is 181 Å². The van der Waals surface area contributed by atoms with Crippen LogP contribution in [-0.4, -0.2) is 51.7 Å². The standard InChI is InChI=1S/C23H28N4O4/c1-15-6-5-7-19(10-15)27-20-11-16(8-9-17(20)12-25-27)21(29)26-18(14-28)13-24-22(30)31-23(2,3)4/h5-12,18,28H,13-14H2,1-4H3,(H,24,30)(H,26,29). The maximum atomic E-state index is 12.8. The maximum Gasteiger partial charge on any atom is 0.407 e. The van der Waals surface area contributed by atoms with Crippen molar-refractivity contribution in [1.82, 2.24) is 20.4 Å². The van der Waals surface area contributed by atoms with Gasteiger partial charge in [0.2, 0.25) is 0 Å². The van der Waals surface area contributed by atoms with Crippen LogP contribution in [0.1, 0.15) is 36.7 Å². The Hall–Kier alpha value is -3.39. The Morgan fingerprint density at radius 1 is 1.19 bits per heavy atom. The lowest BCUT2D eigenvalue weighted by Gasteiger charge is -2.21. The van der Waals surface area contributed by atoms with Crippen LogP contribution in [0.25, 0.3) is 16.6 Å². The Bertz CT molecular complexity index is 1080. The first kappa shape index (κ1) is 22.3. The number of aliphatic hydroxyl groups excluding tert-OH is 1. The zero-order chi connectivity index (χ0) is 22.6. The van der Waals surface area contributed by atoms with Gasteiger partial charge in [-0.1, -0.05) is 18.2 Å². The average Bonchev–Trinajstić information content (AvgIpc) is 3.13. The van der Waals surface area contributed by atoms with Crippen molar-refractivity contribution in [2.75, 3.05) is 13.2 Å². The summed E-state index contributed by atoms with van der Waals surface area (Å²) in [6.07, 6.45) is 1.14. The number of carbonyl (C=O) groups excluding carboxylic acids is 2. The van der Waals surface area contributed by atoms with Crippen LogP contribution >= 0.6 is 0 Å². The van der Waals surface area contributed by atoms with Crippen LogP contribution in [0.2, 0.25) is 0 Å². The molecule has 164 valence electrons. The summed E-state index contributed by atoms with van der Waals surface area (Å²) in [6, 6.07) is 12.6. The first-order valence-electron chi connectivity index (χ1n) is 10.1. The second kappa shape index (κ2) is 9.18. The summed E-state index contributed by atoms with van der Waals surface area (Å²) in [4.78, 5) is 24.6. The first-order valence-corrected chi connectivity index (χ1v) is 10.1. The van der Waals surface area contributed by atoms with Crippen molar-refractivity contribution in [2.24, 2.45) is 0 Å². The SMILES string of the molecule is Cc1cccc(-n2ncc3ccc(C(=O)NC(CO)CNC(=O)OC(C)(C)C)cc32)c1. The van der Waals surface area contributed by atoms with Crippen LogP contribution in [-0.2, 0) is 4.74 Å². The topological polar surface area (TPSA) is 105 Å². The number of rotatable bonds is 6. The zero-order valence-corrected chi connectivity index (χ0v) is 18.2. The summed E-state index contributed by atoms with van der Waals surface area (Å²) in [7, 11) is 0. The fourth-order valence-electron chi connectivity index (χ4n) is 3.08. The van der Waals surface area contributed by atoms with Crippen LogP contribution in [0.4, 0.5) is 4.79 Å². The molecule has 1 atom stereocenters. The minimum Gasteiger partial charge on any atom is -0.444 e. The van der Waals surface area contributed by atoms with E-state index in [1.807, 2.05) is 37.3 Å². The lowest BCUT2D eigenvalue weighted by molar-refractivity contribution is 0.0514. The van der Waals surface area contributed by atoms with E-state index in [0.717, 1.165) is 22.2 Å². The highest BCUT2D eigenvalue weighted by molar-refractivity contribution is 5.98. The fraction of sp³-hybridized carbons (Fsp3) is 0.348. The number of ether oxygens (including phenoxy) is 1. The smallest absolute Gasteiger partial charge is 0.407 e. The number of aromatic nitrogens is 2. The molecule has 0 bridgehead atoms. The fourth-order valence-corrected chi connectivity index (χ4v) is 3.08. The van der Waals surface area contributed by atoms with Gasteiger partial charge in [-0.2, -0.15) is 5.10 Å². The number of hydrogen-bond donors (Lipinski definition) is 3. The molecule has 0 aliphatic rings. The molecule has 0 saturated carbocycles. The van der Waals surface area contributed by atoms with E-state index in [2.05, 4.69) is 15.7 Å². The van der Waals surface area contributed by atoms with Gasteiger partial charge in [0.15, 0.2) is 0 Å². The molecule has 2 aromatic carbocycles. The monoisotopic (exact) mass is 424 g/mol. The number of nitrogens with one attached hydrogen (secondary N) is 2. The van der Waals surface area contributed by atoms with E-state index >= 15 is 0 Å². The highest BCUT2D eigenvalue weighted by Gasteiger charge is 2.19. The molecule has 3 aromatic rings. The summed E-state index contributed by atoms with van der Waals surface area (Å²) >= 11 is 0. The number of benzene rings is 2. The van der Waals surface area contributed by atoms with Crippen LogP contribution in [0.5, 0.6) is 0 Å². The van der Waals surface area contributed by atoms with Crippen LogP contribution in [0, 0.1) is 6.92 Å². The summed E-state index contributed by atoms with van der Waals surface area (Å²) in [6.45, 7) is 7.00. The van der Waals surface area contributed by atoms with Crippen molar-refractivity contribution in [3.05, 3.63) is 59.8 Å². The molecule has 3 N–H and O–H groups in total. The number of aliphatic hydroxyl groups is 1. The molecule has 0 spiro atoms. The van der Waals surface area contributed by atoms with Gasteiger partial charge in [0, 0.05) is 17.5 Å². The molecular formula is C23H28N4O4. The van der Waals surface area contributed by atoms with Crippen molar-refractivity contribution in [3.8, 4) is 5.69 Å². The van der Waals surface area contributed by atoms with E-state index in [-0.39, 0.29) is 19.1 Å². The molecular weight excluding hydrogens is 396 g/mol. The quantitative estimate of drug-likeness (QED) is 0.564. The van der Waals surface area contributed by atoms with Crippen molar-refractivity contribution in [3.63, 3.8) is 0 Å². The molecule has 0 radical (unpaired) electrons.